The lowest BCUT2D eigenvalue weighted by Crippen LogP contribution is -2.30. The second kappa shape index (κ2) is 6.70. The van der Waals surface area contributed by atoms with Gasteiger partial charge in [-0.25, -0.2) is 0 Å². The van der Waals surface area contributed by atoms with E-state index in [1.165, 1.54) is 25.7 Å². The van der Waals surface area contributed by atoms with E-state index in [1.54, 1.807) is 0 Å². The first-order valence-electron chi connectivity index (χ1n) is 7.74. The molecular weight excluding hydrogens is 254 g/mol. The Morgan fingerprint density at radius 3 is 3.05 bits per heavy atom. The Bertz CT molecular complexity index is 411. The first-order chi connectivity index (χ1) is 9.79. The molecule has 1 aliphatic carbocycles. The lowest BCUT2D eigenvalue weighted by Gasteiger charge is -2.26. The lowest BCUT2D eigenvalue weighted by atomic mass is 10.0. The summed E-state index contributed by atoms with van der Waals surface area (Å²) in [7, 11) is 2.14. The highest BCUT2D eigenvalue weighted by Crippen LogP contribution is 2.19. The zero-order valence-corrected chi connectivity index (χ0v) is 12.3. The third kappa shape index (κ3) is 4.30. The summed E-state index contributed by atoms with van der Waals surface area (Å²) in [5.74, 6) is 1.62. The van der Waals surface area contributed by atoms with Crippen LogP contribution in [0.5, 0.6) is 0 Å². The third-order valence-corrected chi connectivity index (χ3v) is 4.01. The minimum atomic E-state index is 0.660. The summed E-state index contributed by atoms with van der Waals surface area (Å²) in [6.45, 7) is 4.55. The van der Waals surface area contributed by atoms with Gasteiger partial charge in [0.1, 0.15) is 0 Å². The molecule has 5 nitrogen and oxygen atoms in total. The molecule has 1 saturated heterocycles. The molecule has 0 amide bonds. The molecule has 112 valence electrons. The summed E-state index contributed by atoms with van der Waals surface area (Å²) >= 11 is 0. The Balaban J connectivity index is 1.41. The van der Waals surface area contributed by atoms with E-state index >= 15 is 0 Å². The molecule has 20 heavy (non-hydrogen) atoms. The van der Waals surface area contributed by atoms with Gasteiger partial charge in [-0.1, -0.05) is 5.16 Å². The van der Waals surface area contributed by atoms with E-state index in [-0.39, 0.29) is 0 Å². The quantitative estimate of drug-likeness (QED) is 0.824. The molecule has 1 N–H and O–H groups in total. The van der Waals surface area contributed by atoms with Crippen LogP contribution in [0.25, 0.3) is 0 Å². The SMILES string of the molecule is CN(Cc1cc(CNC2CC2)no1)CC1CCCOC1. The molecule has 0 aromatic carbocycles. The molecule has 2 aliphatic rings. The maximum atomic E-state index is 5.53. The van der Waals surface area contributed by atoms with Gasteiger partial charge in [-0.3, -0.25) is 4.90 Å². The van der Waals surface area contributed by atoms with Gasteiger partial charge in [-0.2, -0.15) is 0 Å². The predicted octanol–water partition coefficient (Wildman–Crippen LogP) is 1.78. The third-order valence-electron chi connectivity index (χ3n) is 4.01. The van der Waals surface area contributed by atoms with Crippen molar-refractivity contribution in [1.29, 1.82) is 0 Å². The van der Waals surface area contributed by atoms with Gasteiger partial charge in [0, 0.05) is 31.8 Å². The average molecular weight is 279 g/mol. The van der Waals surface area contributed by atoms with Gasteiger partial charge in [-0.15, -0.1) is 0 Å². The van der Waals surface area contributed by atoms with Crippen molar-refractivity contribution in [1.82, 2.24) is 15.4 Å². The van der Waals surface area contributed by atoms with Gasteiger partial charge in [0.2, 0.25) is 0 Å². The molecule has 3 rings (SSSR count). The molecule has 1 aromatic rings. The van der Waals surface area contributed by atoms with Crippen molar-refractivity contribution in [3.05, 3.63) is 17.5 Å². The van der Waals surface area contributed by atoms with E-state index in [2.05, 4.69) is 28.5 Å². The summed E-state index contributed by atoms with van der Waals surface area (Å²) in [4.78, 5) is 2.30. The second-order valence-corrected chi connectivity index (χ2v) is 6.22. The van der Waals surface area contributed by atoms with Crippen LogP contribution in [0.1, 0.15) is 37.1 Å². The molecule has 0 radical (unpaired) electrons. The largest absolute Gasteiger partial charge is 0.381 e. The number of nitrogens with zero attached hydrogens (tertiary/aromatic N) is 2. The fourth-order valence-electron chi connectivity index (χ4n) is 2.77. The van der Waals surface area contributed by atoms with E-state index in [0.29, 0.717) is 12.0 Å². The Morgan fingerprint density at radius 1 is 1.40 bits per heavy atom. The van der Waals surface area contributed by atoms with Crippen LogP contribution >= 0.6 is 0 Å². The van der Waals surface area contributed by atoms with Gasteiger partial charge in [-0.05, 0) is 38.6 Å². The van der Waals surface area contributed by atoms with Crippen molar-refractivity contribution >= 4 is 0 Å². The number of nitrogens with one attached hydrogen (secondary N) is 1. The van der Waals surface area contributed by atoms with Crippen LogP contribution in [0, 0.1) is 5.92 Å². The van der Waals surface area contributed by atoms with Crippen LogP contribution in [0.2, 0.25) is 0 Å². The van der Waals surface area contributed by atoms with Crippen LogP contribution in [0.15, 0.2) is 10.6 Å². The number of aromatic nitrogens is 1. The monoisotopic (exact) mass is 279 g/mol. The minimum absolute atomic E-state index is 0.660. The minimum Gasteiger partial charge on any atom is -0.381 e. The topological polar surface area (TPSA) is 50.5 Å². The molecule has 1 unspecified atom stereocenters. The smallest absolute Gasteiger partial charge is 0.151 e. The standard InChI is InChI=1S/C15H25N3O2/c1-18(9-12-3-2-6-19-11-12)10-15-7-14(17-20-15)8-16-13-4-5-13/h7,12-13,16H,2-6,8-11H2,1H3. The van der Waals surface area contributed by atoms with Gasteiger partial charge in [0.15, 0.2) is 5.76 Å². The Hall–Kier alpha value is -0.910. The number of rotatable bonds is 7. The van der Waals surface area contributed by atoms with E-state index in [4.69, 9.17) is 9.26 Å². The molecule has 0 bridgehead atoms. The number of ether oxygens (including phenoxy) is 1. The molecule has 1 aliphatic heterocycles. The zero-order chi connectivity index (χ0) is 13.8. The van der Waals surface area contributed by atoms with Gasteiger partial charge >= 0.3 is 0 Å². The highest BCUT2D eigenvalue weighted by atomic mass is 16.5. The van der Waals surface area contributed by atoms with Crippen LogP contribution in [-0.2, 0) is 17.8 Å². The molecule has 2 fully saturated rings. The number of hydrogen-bond donors (Lipinski definition) is 1. The predicted molar refractivity (Wildman–Crippen MR) is 76.2 cm³/mol. The lowest BCUT2D eigenvalue weighted by molar-refractivity contribution is 0.0401. The molecule has 1 atom stereocenters. The Morgan fingerprint density at radius 2 is 2.30 bits per heavy atom. The van der Waals surface area contributed by atoms with Gasteiger partial charge in [0.25, 0.3) is 0 Å². The van der Waals surface area contributed by atoms with E-state index in [1.807, 2.05) is 0 Å². The average Bonchev–Trinajstić information content (AvgIpc) is 3.18. The summed E-state index contributed by atoms with van der Waals surface area (Å²) in [5.41, 5.74) is 1.02. The van der Waals surface area contributed by atoms with Crippen molar-refractivity contribution in [2.45, 2.75) is 44.8 Å². The molecular formula is C15H25N3O2. The van der Waals surface area contributed by atoms with Crippen molar-refractivity contribution in [2.24, 2.45) is 5.92 Å². The maximum Gasteiger partial charge on any atom is 0.151 e. The van der Waals surface area contributed by atoms with Gasteiger partial charge in [0.05, 0.1) is 18.8 Å². The zero-order valence-electron chi connectivity index (χ0n) is 12.3. The van der Waals surface area contributed by atoms with E-state index in [9.17, 15) is 0 Å². The second-order valence-electron chi connectivity index (χ2n) is 6.22. The Kier molecular flexibility index (Phi) is 4.70. The highest BCUT2D eigenvalue weighted by molar-refractivity contribution is 5.05. The maximum absolute atomic E-state index is 5.53. The molecule has 2 heterocycles. The molecule has 1 aromatic heterocycles. The first-order valence-corrected chi connectivity index (χ1v) is 7.74. The van der Waals surface area contributed by atoms with Crippen molar-refractivity contribution < 1.29 is 9.26 Å². The van der Waals surface area contributed by atoms with Crippen LogP contribution in [0.4, 0.5) is 0 Å². The first kappa shape index (κ1) is 14.0. The molecule has 1 saturated carbocycles. The van der Waals surface area contributed by atoms with Gasteiger partial charge < -0.3 is 14.6 Å². The fraction of sp³-hybridized carbons (Fsp3) is 0.800. The van der Waals surface area contributed by atoms with Crippen molar-refractivity contribution in [3.63, 3.8) is 0 Å². The normalized spacial score (nSPS) is 23.4. The number of hydrogen-bond acceptors (Lipinski definition) is 5. The molecule has 0 spiro atoms. The van der Waals surface area contributed by atoms with Crippen LogP contribution in [-0.4, -0.2) is 42.9 Å². The highest BCUT2D eigenvalue weighted by Gasteiger charge is 2.21. The van der Waals surface area contributed by atoms with Crippen molar-refractivity contribution in [2.75, 3.05) is 26.8 Å². The van der Waals surface area contributed by atoms with E-state index in [0.717, 1.165) is 44.3 Å². The summed E-state index contributed by atoms with van der Waals surface area (Å²) in [5, 5.41) is 7.58. The Labute approximate surface area is 120 Å². The fourth-order valence-corrected chi connectivity index (χ4v) is 2.77. The summed E-state index contributed by atoms with van der Waals surface area (Å²) in [6.07, 6.45) is 5.07. The van der Waals surface area contributed by atoms with Crippen LogP contribution in [0.3, 0.4) is 0 Å². The van der Waals surface area contributed by atoms with Crippen LogP contribution < -0.4 is 5.32 Å². The summed E-state index contributed by atoms with van der Waals surface area (Å²) < 4.78 is 10.9. The van der Waals surface area contributed by atoms with E-state index < -0.39 is 0 Å². The molecule has 5 heteroatoms. The van der Waals surface area contributed by atoms with Crippen molar-refractivity contribution in [3.8, 4) is 0 Å². The summed E-state index contributed by atoms with van der Waals surface area (Å²) in [6, 6.07) is 2.78.